The van der Waals surface area contributed by atoms with E-state index in [0.29, 0.717) is 19.2 Å². The molecule has 106 valence electrons. The van der Waals surface area contributed by atoms with E-state index in [9.17, 15) is 9.59 Å². The highest BCUT2D eigenvalue weighted by Gasteiger charge is 2.12. The molecule has 0 bridgehead atoms. The molecule has 19 heavy (non-hydrogen) atoms. The number of carboxylic acids is 2. The van der Waals surface area contributed by atoms with Crippen molar-refractivity contribution in [3.63, 3.8) is 0 Å². The fourth-order valence-corrected chi connectivity index (χ4v) is 0.931. The molecule has 0 radical (unpaired) electrons. The second-order valence-corrected chi connectivity index (χ2v) is 3.01. The fraction of sp³-hybridized carbons (Fsp3) is 0.333. The molecule has 1 rings (SSSR count). The van der Waals surface area contributed by atoms with E-state index in [1.54, 1.807) is 0 Å². The van der Waals surface area contributed by atoms with Gasteiger partial charge in [0, 0.05) is 0 Å². The first kappa shape index (κ1) is 16.6. The molecule has 0 atom stereocenters. The lowest BCUT2D eigenvalue weighted by Gasteiger charge is -2.04. The molecule has 0 saturated heterocycles. The van der Waals surface area contributed by atoms with E-state index in [1.807, 2.05) is 13.8 Å². The first-order chi connectivity index (χ1) is 8.92. The van der Waals surface area contributed by atoms with Crippen LogP contribution in [0.15, 0.2) is 29.1 Å². The van der Waals surface area contributed by atoms with Crippen molar-refractivity contribution >= 4 is 11.9 Å². The van der Waals surface area contributed by atoms with Gasteiger partial charge in [-0.15, -0.1) is 0 Å². The molecule has 1 aromatic rings. The summed E-state index contributed by atoms with van der Waals surface area (Å²) in [5.41, 5.74) is 0. The summed E-state index contributed by atoms with van der Waals surface area (Å²) in [5.74, 6) is -2.89. The van der Waals surface area contributed by atoms with Gasteiger partial charge in [0.25, 0.3) is 5.95 Å². The van der Waals surface area contributed by atoms with Gasteiger partial charge in [0.05, 0.1) is 13.2 Å². The molecule has 0 aliphatic heterocycles. The molecular formula is C12H16O7. The standard InChI is InChI=1S/C6H4O5.C6H12O2/c7-5(8)3-1-2-4(11-3)6(9)10;1-4-7-6(3)8-5-2/h1-2H,(H,7,8)(H,9,10);3-5H2,1-2H3. The van der Waals surface area contributed by atoms with Gasteiger partial charge in [-0.25, -0.2) is 9.59 Å². The number of aromatic carboxylic acids is 2. The molecule has 0 aliphatic carbocycles. The van der Waals surface area contributed by atoms with Crippen LogP contribution in [0.4, 0.5) is 0 Å². The fourth-order valence-electron chi connectivity index (χ4n) is 0.931. The zero-order valence-electron chi connectivity index (χ0n) is 10.7. The minimum absolute atomic E-state index is 0.373. The van der Waals surface area contributed by atoms with Gasteiger partial charge < -0.3 is 24.1 Å². The van der Waals surface area contributed by atoms with Crippen LogP contribution in [0.25, 0.3) is 0 Å². The topological polar surface area (TPSA) is 106 Å². The Morgan fingerprint density at radius 3 is 1.68 bits per heavy atom. The largest absolute Gasteiger partial charge is 0.475 e. The third-order valence-corrected chi connectivity index (χ3v) is 1.64. The van der Waals surface area contributed by atoms with Crippen molar-refractivity contribution in [3.05, 3.63) is 36.2 Å². The minimum atomic E-state index is -1.28. The first-order valence-electron chi connectivity index (χ1n) is 5.43. The van der Waals surface area contributed by atoms with Crippen LogP contribution in [0.5, 0.6) is 0 Å². The number of carbonyl (C=O) groups is 2. The zero-order valence-corrected chi connectivity index (χ0v) is 10.7. The number of carboxylic acid groups (broad SMARTS) is 2. The Balaban J connectivity index is 0.000000362. The predicted octanol–water partition coefficient (Wildman–Crippen LogP) is 2.21. The SMILES string of the molecule is C=C(OCC)OCC.O=C(O)c1ccc(C(=O)O)o1. The highest BCUT2D eigenvalue weighted by atomic mass is 16.7. The van der Waals surface area contributed by atoms with Crippen molar-refractivity contribution in [2.75, 3.05) is 13.2 Å². The highest BCUT2D eigenvalue weighted by molar-refractivity contribution is 5.88. The maximum Gasteiger partial charge on any atom is 0.371 e. The summed E-state index contributed by atoms with van der Waals surface area (Å²) in [5, 5.41) is 16.6. The number of ether oxygens (including phenoxy) is 2. The van der Waals surface area contributed by atoms with Crippen LogP contribution in [0.1, 0.15) is 35.0 Å². The van der Waals surface area contributed by atoms with E-state index in [4.69, 9.17) is 19.7 Å². The van der Waals surface area contributed by atoms with Crippen molar-refractivity contribution in [1.82, 2.24) is 0 Å². The van der Waals surface area contributed by atoms with Crippen LogP contribution in [0.2, 0.25) is 0 Å². The summed E-state index contributed by atoms with van der Waals surface area (Å²) >= 11 is 0. The second kappa shape index (κ2) is 8.62. The third-order valence-electron chi connectivity index (χ3n) is 1.64. The smallest absolute Gasteiger partial charge is 0.371 e. The molecule has 7 heteroatoms. The molecule has 7 nitrogen and oxygen atoms in total. The summed E-state index contributed by atoms with van der Waals surface area (Å²) in [6.07, 6.45) is 0. The van der Waals surface area contributed by atoms with E-state index in [2.05, 4.69) is 11.0 Å². The van der Waals surface area contributed by atoms with Crippen LogP contribution in [-0.2, 0) is 9.47 Å². The Labute approximate surface area is 110 Å². The summed E-state index contributed by atoms with van der Waals surface area (Å²) in [4.78, 5) is 20.3. The summed E-state index contributed by atoms with van der Waals surface area (Å²) in [6, 6.07) is 2.18. The normalized spacial score (nSPS) is 8.95. The molecule has 2 N–H and O–H groups in total. The summed E-state index contributed by atoms with van der Waals surface area (Å²) in [7, 11) is 0. The Morgan fingerprint density at radius 1 is 1.11 bits per heavy atom. The molecule has 0 spiro atoms. The van der Waals surface area contributed by atoms with Crippen LogP contribution < -0.4 is 0 Å². The molecule has 1 heterocycles. The van der Waals surface area contributed by atoms with Crippen molar-refractivity contribution < 1.29 is 33.7 Å². The van der Waals surface area contributed by atoms with Gasteiger partial charge in [-0.2, -0.15) is 0 Å². The molecular weight excluding hydrogens is 256 g/mol. The lowest BCUT2D eigenvalue weighted by Crippen LogP contribution is -1.94. The highest BCUT2D eigenvalue weighted by Crippen LogP contribution is 2.06. The Bertz CT molecular complexity index is 397. The second-order valence-electron chi connectivity index (χ2n) is 3.01. The Hall–Kier alpha value is -2.44. The van der Waals surface area contributed by atoms with E-state index < -0.39 is 11.9 Å². The summed E-state index contributed by atoms with van der Waals surface area (Å²) < 4.78 is 14.1. The lowest BCUT2D eigenvalue weighted by atomic mass is 10.4. The maximum absolute atomic E-state index is 10.2. The van der Waals surface area contributed by atoms with Gasteiger partial charge >= 0.3 is 11.9 Å². The van der Waals surface area contributed by atoms with Crippen molar-refractivity contribution in [2.45, 2.75) is 13.8 Å². The monoisotopic (exact) mass is 272 g/mol. The van der Waals surface area contributed by atoms with Crippen LogP contribution in [0.3, 0.4) is 0 Å². The average molecular weight is 272 g/mol. The molecule has 0 aromatic carbocycles. The number of hydrogen-bond acceptors (Lipinski definition) is 5. The number of hydrogen-bond donors (Lipinski definition) is 2. The van der Waals surface area contributed by atoms with Gasteiger partial charge in [0.2, 0.25) is 11.5 Å². The van der Waals surface area contributed by atoms with E-state index in [0.717, 1.165) is 12.1 Å². The van der Waals surface area contributed by atoms with Crippen LogP contribution in [0, 0.1) is 0 Å². The number of furan rings is 1. The quantitative estimate of drug-likeness (QED) is 0.764. The maximum atomic E-state index is 10.2. The summed E-state index contributed by atoms with van der Waals surface area (Å²) in [6.45, 7) is 8.52. The van der Waals surface area contributed by atoms with Crippen LogP contribution >= 0.6 is 0 Å². The van der Waals surface area contributed by atoms with E-state index in [1.165, 1.54) is 0 Å². The molecule has 0 saturated carbocycles. The third kappa shape index (κ3) is 6.77. The van der Waals surface area contributed by atoms with Crippen LogP contribution in [-0.4, -0.2) is 35.4 Å². The van der Waals surface area contributed by atoms with Gasteiger partial charge in [-0.3, -0.25) is 0 Å². The van der Waals surface area contributed by atoms with Gasteiger partial charge in [0.15, 0.2) is 0 Å². The first-order valence-corrected chi connectivity index (χ1v) is 5.43. The average Bonchev–Trinajstić information content (AvgIpc) is 2.80. The zero-order chi connectivity index (χ0) is 14.8. The van der Waals surface area contributed by atoms with Gasteiger partial charge in [-0.05, 0) is 32.6 Å². The van der Waals surface area contributed by atoms with E-state index in [-0.39, 0.29) is 11.5 Å². The molecule has 0 unspecified atom stereocenters. The lowest BCUT2D eigenvalue weighted by molar-refractivity contribution is 0.0486. The van der Waals surface area contributed by atoms with Crippen molar-refractivity contribution in [3.8, 4) is 0 Å². The van der Waals surface area contributed by atoms with Crippen molar-refractivity contribution in [2.24, 2.45) is 0 Å². The Kier molecular flexibility index (Phi) is 7.51. The van der Waals surface area contributed by atoms with Crippen molar-refractivity contribution in [1.29, 1.82) is 0 Å². The molecule has 1 aromatic heterocycles. The van der Waals surface area contributed by atoms with E-state index >= 15 is 0 Å². The Morgan fingerprint density at radius 2 is 1.47 bits per heavy atom. The molecule has 0 amide bonds. The van der Waals surface area contributed by atoms with Gasteiger partial charge in [0.1, 0.15) is 0 Å². The van der Waals surface area contributed by atoms with Gasteiger partial charge in [-0.1, -0.05) is 0 Å². The minimum Gasteiger partial charge on any atom is -0.475 e. The number of rotatable bonds is 6. The molecule has 0 aliphatic rings. The predicted molar refractivity (Wildman–Crippen MR) is 65.0 cm³/mol. The molecule has 0 fully saturated rings.